The van der Waals surface area contributed by atoms with Gasteiger partial charge >= 0.3 is 0 Å². The molecule has 5 nitrogen and oxygen atoms in total. The zero-order valence-corrected chi connectivity index (χ0v) is 9.03. The summed E-state index contributed by atoms with van der Waals surface area (Å²) in [5, 5.41) is 15.7. The molecule has 0 heterocycles. The maximum absolute atomic E-state index is 11.2. The van der Waals surface area contributed by atoms with Gasteiger partial charge in [0.05, 0.1) is 0 Å². The first-order valence-electron chi connectivity index (χ1n) is 4.44. The van der Waals surface area contributed by atoms with Gasteiger partial charge in [0.15, 0.2) is 0 Å². The van der Waals surface area contributed by atoms with Crippen molar-refractivity contribution in [1.29, 1.82) is 0 Å². The smallest absolute Gasteiger partial charge is 0.241 e. The Hall–Kier alpha value is -1.79. The van der Waals surface area contributed by atoms with Crippen LogP contribution in [0, 0.1) is 0 Å². The third-order valence-corrected chi connectivity index (χ3v) is 3.28. The molecule has 0 aromatic heterocycles. The van der Waals surface area contributed by atoms with E-state index in [9.17, 15) is 13.5 Å². The van der Waals surface area contributed by atoms with Gasteiger partial charge in [-0.2, -0.15) is 0 Å². The predicted octanol–water partition coefficient (Wildman–Crippen LogP) is 0.775. The number of aromatic hydroxyl groups is 1. The molecule has 0 spiro atoms. The van der Waals surface area contributed by atoms with E-state index in [1.54, 1.807) is 18.2 Å². The standard InChI is InChI=1S/C10H10N2O3S/c11-8-3-1-2-7-6(8)4-5-9(10(7)13)16(12,14)15/h1-5,13H,11H2,(H2,12,14,15). The van der Waals surface area contributed by atoms with Crippen LogP contribution >= 0.6 is 0 Å². The number of hydrogen-bond acceptors (Lipinski definition) is 4. The molecule has 0 fully saturated rings. The van der Waals surface area contributed by atoms with Gasteiger partial charge in [-0.1, -0.05) is 18.2 Å². The van der Waals surface area contributed by atoms with Crippen LogP contribution in [0.5, 0.6) is 5.75 Å². The number of primary sulfonamides is 1. The van der Waals surface area contributed by atoms with Crippen LogP contribution in [0.4, 0.5) is 5.69 Å². The summed E-state index contributed by atoms with van der Waals surface area (Å²) in [7, 11) is -3.93. The van der Waals surface area contributed by atoms with E-state index in [1.807, 2.05) is 0 Å². The molecule has 0 amide bonds. The maximum Gasteiger partial charge on any atom is 0.241 e. The average molecular weight is 238 g/mol. The molecule has 2 aromatic rings. The van der Waals surface area contributed by atoms with Crippen molar-refractivity contribution in [2.45, 2.75) is 4.90 Å². The van der Waals surface area contributed by atoms with Gasteiger partial charge in [-0.25, -0.2) is 13.6 Å². The Morgan fingerprint density at radius 3 is 2.38 bits per heavy atom. The second-order valence-electron chi connectivity index (χ2n) is 3.40. The molecule has 6 heteroatoms. The van der Waals surface area contributed by atoms with Crippen molar-refractivity contribution in [1.82, 2.24) is 0 Å². The van der Waals surface area contributed by atoms with Crippen LogP contribution in [0.2, 0.25) is 0 Å². The van der Waals surface area contributed by atoms with Crippen molar-refractivity contribution in [2.75, 3.05) is 5.73 Å². The number of nitrogen functional groups attached to an aromatic ring is 1. The first-order valence-corrected chi connectivity index (χ1v) is 5.99. The molecule has 5 N–H and O–H groups in total. The number of fused-ring (bicyclic) bond motifs is 1. The summed E-state index contributed by atoms with van der Waals surface area (Å²) >= 11 is 0. The van der Waals surface area contributed by atoms with E-state index in [4.69, 9.17) is 10.9 Å². The van der Waals surface area contributed by atoms with Crippen LogP contribution < -0.4 is 10.9 Å². The summed E-state index contributed by atoms with van der Waals surface area (Å²) in [4.78, 5) is -0.300. The third kappa shape index (κ3) is 1.58. The zero-order chi connectivity index (χ0) is 11.9. The average Bonchev–Trinajstić information content (AvgIpc) is 2.18. The number of phenols is 1. The second kappa shape index (κ2) is 3.36. The van der Waals surface area contributed by atoms with Crippen LogP contribution in [-0.2, 0) is 10.0 Å². The molecule has 0 atom stereocenters. The molecule has 16 heavy (non-hydrogen) atoms. The van der Waals surface area contributed by atoms with E-state index in [-0.39, 0.29) is 10.6 Å². The van der Waals surface area contributed by atoms with Crippen LogP contribution in [0.15, 0.2) is 35.2 Å². The van der Waals surface area contributed by atoms with Gasteiger partial charge in [-0.15, -0.1) is 0 Å². The topological polar surface area (TPSA) is 106 Å². The fourth-order valence-corrected chi connectivity index (χ4v) is 2.21. The summed E-state index contributed by atoms with van der Waals surface area (Å²) in [6.45, 7) is 0. The lowest BCUT2D eigenvalue weighted by atomic mass is 10.1. The highest BCUT2D eigenvalue weighted by Crippen LogP contribution is 2.33. The van der Waals surface area contributed by atoms with Crippen LogP contribution in [-0.4, -0.2) is 13.5 Å². The van der Waals surface area contributed by atoms with Gasteiger partial charge in [-0.05, 0) is 12.1 Å². The summed E-state index contributed by atoms with van der Waals surface area (Å²) in [6.07, 6.45) is 0. The van der Waals surface area contributed by atoms with E-state index in [0.29, 0.717) is 16.5 Å². The second-order valence-corrected chi connectivity index (χ2v) is 4.93. The molecule has 0 radical (unpaired) electrons. The zero-order valence-electron chi connectivity index (χ0n) is 8.21. The molecule has 0 aliphatic carbocycles. The van der Waals surface area contributed by atoms with E-state index < -0.39 is 10.0 Å². The van der Waals surface area contributed by atoms with Gasteiger partial charge in [0, 0.05) is 16.5 Å². The number of nitrogens with two attached hydrogens (primary N) is 2. The Balaban J connectivity index is 2.92. The Labute approximate surface area is 92.3 Å². The molecule has 0 saturated carbocycles. The first kappa shape index (κ1) is 10.7. The first-order chi connectivity index (χ1) is 7.41. The maximum atomic E-state index is 11.2. The Bertz CT molecular complexity index is 665. The highest BCUT2D eigenvalue weighted by molar-refractivity contribution is 7.89. The normalized spacial score (nSPS) is 11.8. The lowest BCUT2D eigenvalue weighted by Gasteiger charge is -2.07. The van der Waals surface area contributed by atoms with Crippen molar-refractivity contribution in [3.8, 4) is 5.75 Å². The van der Waals surface area contributed by atoms with Crippen molar-refractivity contribution in [3.63, 3.8) is 0 Å². The molecule has 2 rings (SSSR count). The van der Waals surface area contributed by atoms with Crippen molar-refractivity contribution in [2.24, 2.45) is 5.14 Å². The SMILES string of the molecule is Nc1cccc2c(O)c(S(N)(=O)=O)ccc12. The molecular formula is C10H10N2O3S. The number of benzene rings is 2. The van der Waals surface area contributed by atoms with E-state index in [0.717, 1.165) is 0 Å². The molecule has 2 aromatic carbocycles. The summed E-state index contributed by atoms with van der Waals surface area (Å²) in [5.41, 5.74) is 6.16. The van der Waals surface area contributed by atoms with Crippen LogP contribution in [0.25, 0.3) is 10.8 Å². The third-order valence-electron chi connectivity index (χ3n) is 2.34. The molecule has 0 unspecified atom stereocenters. The molecule has 0 saturated heterocycles. The number of sulfonamides is 1. The monoisotopic (exact) mass is 238 g/mol. The highest BCUT2D eigenvalue weighted by atomic mass is 32.2. The fraction of sp³-hybridized carbons (Fsp3) is 0. The van der Waals surface area contributed by atoms with Crippen molar-refractivity contribution >= 4 is 26.5 Å². The lowest BCUT2D eigenvalue weighted by molar-refractivity contribution is 0.465. The van der Waals surface area contributed by atoms with Gasteiger partial charge in [0.2, 0.25) is 10.0 Å². The minimum absolute atomic E-state index is 0.300. The van der Waals surface area contributed by atoms with Crippen molar-refractivity contribution in [3.05, 3.63) is 30.3 Å². The highest BCUT2D eigenvalue weighted by Gasteiger charge is 2.16. The molecule has 0 aliphatic heterocycles. The van der Waals surface area contributed by atoms with E-state index in [1.165, 1.54) is 12.1 Å². The quantitative estimate of drug-likeness (QED) is 0.638. The minimum Gasteiger partial charge on any atom is -0.506 e. The van der Waals surface area contributed by atoms with E-state index in [2.05, 4.69) is 0 Å². The molecule has 0 bridgehead atoms. The largest absolute Gasteiger partial charge is 0.506 e. The Kier molecular flexibility index (Phi) is 2.25. The van der Waals surface area contributed by atoms with E-state index >= 15 is 0 Å². The summed E-state index contributed by atoms with van der Waals surface area (Å²) in [6, 6.07) is 7.63. The Morgan fingerprint density at radius 2 is 1.75 bits per heavy atom. The number of hydrogen-bond donors (Lipinski definition) is 3. The minimum atomic E-state index is -3.93. The lowest BCUT2D eigenvalue weighted by Crippen LogP contribution is -2.12. The number of rotatable bonds is 1. The molecule has 84 valence electrons. The van der Waals surface area contributed by atoms with Gasteiger partial charge in [-0.3, -0.25) is 0 Å². The fourth-order valence-electron chi connectivity index (χ4n) is 1.58. The molecule has 0 aliphatic rings. The number of phenolic OH excluding ortho intramolecular Hbond substituents is 1. The number of anilines is 1. The van der Waals surface area contributed by atoms with Crippen LogP contribution in [0.1, 0.15) is 0 Å². The Morgan fingerprint density at radius 1 is 1.06 bits per heavy atom. The molecular weight excluding hydrogens is 228 g/mol. The summed E-state index contributed by atoms with van der Waals surface area (Å²) in [5.74, 6) is -0.368. The predicted molar refractivity (Wildman–Crippen MR) is 61.4 cm³/mol. The van der Waals surface area contributed by atoms with Crippen LogP contribution in [0.3, 0.4) is 0 Å². The summed E-state index contributed by atoms with van der Waals surface area (Å²) < 4.78 is 22.3. The van der Waals surface area contributed by atoms with Crippen molar-refractivity contribution < 1.29 is 13.5 Å². The van der Waals surface area contributed by atoms with Gasteiger partial charge < -0.3 is 10.8 Å². The van der Waals surface area contributed by atoms with Gasteiger partial charge in [0.1, 0.15) is 10.6 Å². The van der Waals surface area contributed by atoms with Gasteiger partial charge in [0.25, 0.3) is 0 Å².